The molecule has 4 aromatic heterocycles. The molecule has 5 aromatic rings. The highest BCUT2D eigenvalue weighted by Gasteiger charge is 2.17. The van der Waals surface area contributed by atoms with Gasteiger partial charge >= 0.3 is 0 Å². The summed E-state index contributed by atoms with van der Waals surface area (Å²) in [6, 6.07) is 11.4. The van der Waals surface area contributed by atoms with E-state index in [-0.39, 0.29) is 12.3 Å². The van der Waals surface area contributed by atoms with Crippen LogP contribution in [0.5, 0.6) is 5.75 Å². The van der Waals surface area contributed by atoms with Crippen molar-refractivity contribution in [2.45, 2.75) is 19.9 Å². The lowest BCUT2D eigenvalue weighted by atomic mass is 10.2. The molecule has 9 nitrogen and oxygen atoms in total. The second kappa shape index (κ2) is 8.83. The molecule has 1 amide bonds. The maximum absolute atomic E-state index is 12.6. The number of fused-ring (bicyclic) bond motifs is 1. The van der Waals surface area contributed by atoms with Crippen LogP contribution in [0.15, 0.2) is 58.8 Å². The molecule has 0 saturated carbocycles. The average Bonchev–Trinajstić information content (AvgIpc) is 3.52. The lowest BCUT2D eigenvalue weighted by Crippen LogP contribution is -2.15. The van der Waals surface area contributed by atoms with Gasteiger partial charge in [-0.25, -0.2) is 9.97 Å². The zero-order valence-corrected chi connectivity index (χ0v) is 18.8. The van der Waals surface area contributed by atoms with Gasteiger partial charge in [0.15, 0.2) is 5.82 Å². The predicted octanol–water partition coefficient (Wildman–Crippen LogP) is 4.09. The Morgan fingerprint density at radius 2 is 2.09 bits per heavy atom. The Hall–Kier alpha value is -4.05. The number of anilines is 1. The first-order valence-electron chi connectivity index (χ1n) is 10.2. The third-order valence-electron chi connectivity index (χ3n) is 5.06. The van der Waals surface area contributed by atoms with Crippen molar-refractivity contribution in [3.05, 3.63) is 71.3 Å². The van der Waals surface area contributed by atoms with Crippen LogP contribution >= 0.6 is 11.3 Å². The fourth-order valence-corrected chi connectivity index (χ4v) is 4.40. The van der Waals surface area contributed by atoms with Crippen LogP contribution in [-0.4, -0.2) is 37.9 Å². The summed E-state index contributed by atoms with van der Waals surface area (Å²) in [5.74, 6) is 1.51. The van der Waals surface area contributed by atoms with Gasteiger partial charge in [-0.2, -0.15) is 5.10 Å². The number of benzene rings is 1. The SMILES string of the molecule is COc1ccc(Cn2nc(NC(=O)Cc3cc(C)no3)cc2-c2csc3cncnc23)cc1. The van der Waals surface area contributed by atoms with Gasteiger partial charge < -0.3 is 14.6 Å². The van der Waals surface area contributed by atoms with Crippen molar-refractivity contribution < 1.29 is 14.1 Å². The molecule has 1 aromatic carbocycles. The van der Waals surface area contributed by atoms with E-state index in [9.17, 15) is 4.79 Å². The lowest BCUT2D eigenvalue weighted by molar-refractivity contribution is -0.115. The second-order valence-corrected chi connectivity index (χ2v) is 8.38. The summed E-state index contributed by atoms with van der Waals surface area (Å²) in [5.41, 5.74) is 4.41. The van der Waals surface area contributed by atoms with Crippen LogP contribution in [-0.2, 0) is 17.8 Å². The summed E-state index contributed by atoms with van der Waals surface area (Å²) >= 11 is 1.57. The Bertz CT molecular complexity index is 1420. The van der Waals surface area contributed by atoms with Crippen molar-refractivity contribution in [2.24, 2.45) is 0 Å². The van der Waals surface area contributed by atoms with Gasteiger partial charge in [-0.15, -0.1) is 11.3 Å². The zero-order valence-electron chi connectivity index (χ0n) is 18.0. The molecule has 0 unspecified atom stereocenters. The van der Waals surface area contributed by atoms with Gasteiger partial charge in [0.2, 0.25) is 5.91 Å². The number of hydrogen-bond acceptors (Lipinski definition) is 8. The van der Waals surface area contributed by atoms with Crippen molar-refractivity contribution in [1.29, 1.82) is 0 Å². The van der Waals surface area contributed by atoms with Gasteiger partial charge in [0.05, 0.1) is 41.7 Å². The number of carbonyl (C=O) groups excluding carboxylic acids is 1. The quantitative estimate of drug-likeness (QED) is 0.390. The van der Waals surface area contributed by atoms with Crippen LogP contribution in [0.4, 0.5) is 5.82 Å². The van der Waals surface area contributed by atoms with E-state index >= 15 is 0 Å². The molecular formula is C23H20N6O3S. The summed E-state index contributed by atoms with van der Waals surface area (Å²) in [5, 5.41) is 13.4. The van der Waals surface area contributed by atoms with E-state index in [0.29, 0.717) is 18.1 Å². The summed E-state index contributed by atoms with van der Waals surface area (Å²) in [6.45, 7) is 2.33. The molecule has 0 bridgehead atoms. The van der Waals surface area contributed by atoms with E-state index in [1.165, 1.54) is 6.33 Å². The molecule has 0 aliphatic rings. The molecule has 1 N–H and O–H groups in total. The monoisotopic (exact) mass is 460 g/mol. The molecule has 166 valence electrons. The van der Waals surface area contributed by atoms with E-state index in [1.807, 2.05) is 47.3 Å². The molecule has 0 atom stereocenters. The molecule has 0 radical (unpaired) electrons. The van der Waals surface area contributed by atoms with E-state index in [1.54, 1.807) is 30.7 Å². The molecule has 0 fully saturated rings. The standard InChI is InChI=1S/C23H20N6O3S/c1-14-7-17(32-28-14)8-22(30)26-21-9-19(18-12-33-20-10-24-13-25-23(18)20)29(27-21)11-15-3-5-16(31-2)6-4-15/h3-7,9-10,12-13H,8,11H2,1-2H3,(H,26,27,30). The minimum Gasteiger partial charge on any atom is -0.497 e. The summed E-state index contributed by atoms with van der Waals surface area (Å²) in [4.78, 5) is 21.1. The van der Waals surface area contributed by atoms with Crippen LogP contribution in [0.3, 0.4) is 0 Å². The highest BCUT2D eigenvalue weighted by Crippen LogP contribution is 2.33. The van der Waals surface area contributed by atoms with Gasteiger partial charge in [-0.05, 0) is 24.6 Å². The minimum atomic E-state index is -0.232. The van der Waals surface area contributed by atoms with Crippen LogP contribution in [0.2, 0.25) is 0 Å². The third-order valence-corrected chi connectivity index (χ3v) is 5.97. The van der Waals surface area contributed by atoms with Crippen molar-refractivity contribution in [1.82, 2.24) is 24.9 Å². The van der Waals surface area contributed by atoms with Crippen molar-refractivity contribution in [2.75, 3.05) is 12.4 Å². The van der Waals surface area contributed by atoms with E-state index in [4.69, 9.17) is 9.26 Å². The summed E-state index contributed by atoms with van der Waals surface area (Å²) < 4.78 is 13.2. The van der Waals surface area contributed by atoms with E-state index in [0.717, 1.165) is 38.5 Å². The normalized spacial score (nSPS) is 11.1. The largest absolute Gasteiger partial charge is 0.497 e. The van der Waals surface area contributed by atoms with Crippen LogP contribution in [0.25, 0.3) is 21.5 Å². The van der Waals surface area contributed by atoms with Gasteiger partial charge in [-0.3, -0.25) is 9.48 Å². The third kappa shape index (κ3) is 4.46. The highest BCUT2D eigenvalue weighted by molar-refractivity contribution is 7.17. The Labute approximate surface area is 193 Å². The second-order valence-electron chi connectivity index (χ2n) is 7.47. The van der Waals surface area contributed by atoms with Crippen LogP contribution in [0.1, 0.15) is 17.0 Å². The number of methoxy groups -OCH3 is 1. The number of rotatable bonds is 7. The first-order valence-corrected chi connectivity index (χ1v) is 11.1. The number of nitrogens with one attached hydrogen (secondary N) is 1. The van der Waals surface area contributed by atoms with Gasteiger partial charge in [0, 0.05) is 29.3 Å². The van der Waals surface area contributed by atoms with Crippen LogP contribution < -0.4 is 10.1 Å². The maximum atomic E-state index is 12.6. The molecule has 33 heavy (non-hydrogen) atoms. The number of amides is 1. The Balaban J connectivity index is 1.47. The lowest BCUT2D eigenvalue weighted by Gasteiger charge is -2.08. The smallest absolute Gasteiger partial charge is 0.233 e. The molecule has 0 saturated heterocycles. The van der Waals surface area contributed by atoms with Crippen LogP contribution in [0, 0.1) is 6.92 Å². The number of hydrogen-bond donors (Lipinski definition) is 1. The number of nitrogens with zero attached hydrogens (tertiary/aromatic N) is 5. The molecule has 0 aliphatic carbocycles. The number of ether oxygens (including phenoxy) is 1. The van der Waals surface area contributed by atoms with Gasteiger partial charge in [0.1, 0.15) is 17.8 Å². The topological polar surface area (TPSA) is 108 Å². The molecule has 4 heterocycles. The number of aromatic nitrogens is 5. The number of aryl methyl sites for hydroxylation is 1. The first kappa shape index (κ1) is 20.8. The highest BCUT2D eigenvalue weighted by atomic mass is 32.1. The minimum absolute atomic E-state index is 0.0795. The fourth-order valence-electron chi connectivity index (χ4n) is 3.53. The Kier molecular flexibility index (Phi) is 5.57. The summed E-state index contributed by atoms with van der Waals surface area (Å²) in [7, 11) is 1.64. The molecule has 0 spiro atoms. The molecule has 0 aliphatic heterocycles. The summed E-state index contributed by atoms with van der Waals surface area (Å²) in [6.07, 6.45) is 3.41. The van der Waals surface area contributed by atoms with Crippen molar-refractivity contribution >= 4 is 33.3 Å². The van der Waals surface area contributed by atoms with Crippen molar-refractivity contribution in [3.8, 4) is 17.0 Å². The number of thiophene rings is 1. The van der Waals surface area contributed by atoms with Gasteiger partial charge in [-0.1, -0.05) is 17.3 Å². The van der Waals surface area contributed by atoms with E-state index < -0.39 is 0 Å². The van der Waals surface area contributed by atoms with Crippen molar-refractivity contribution in [3.63, 3.8) is 0 Å². The Morgan fingerprint density at radius 3 is 2.85 bits per heavy atom. The Morgan fingerprint density at radius 1 is 1.24 bits per heavy atom. The molecular weight excluding hydrogens is 440 g/mol. The zero-order chi connectivity index (χ0) is 22.8. The van der Waals surface area contributed by atoms with Gasteiger partial charge in [0.25, 0.3) is 0 Å². The molecule has 10 heteroatoms. The fraction of sp³-hybridized carbons (Fsp3) is 0.174. The number of carbonyl (C=O) groups is 1. The maximum Gasteiger partial charge on any atom is 0.233 e. The first-order chi connectivity index (χ1) is 16.1. The molecule has 5 rings (SSSR count). The average molecular weight is 461 g/mol. The predicted molar refractivity (Wildman–Crippen MR) is 124 cm³/mol. The van der Waals surface area contributed by atoms with E-state index in [2.05, 4.69) is 25.5 Å².